The van der Waals surface area contributed by atoms with Crippen molar-refractivity contribution in [1.29, 1.82) is 0 Å². The van der Waals surface area contributed by atoms with Gasteiger partial charge in [-0.15, -0.1) is 0 Å². The molecule has 2 aliphatic rings. The van der Waals surface area contributed by atoms with Crippen molar-refractivity contribution in [2.75, 3.05) is 28.3 Å². The summed E-state index contributed by atoms with van der Waals surface area (Å²) >= 11 is 0. The van der Waals surface area contributed by atoms with Crippen LogP contribution >= 0.6 is 0 Å². The van der Waals surface area contributed by atoms with E-state index in [1.165, 1.54) is 6.07 Å². The first-order valence-electron chi connectivity index (χ1n) is 5.85. The topological polar surface area (TPSA) is 49.4 Å². The second kappa shape index (κ2) is 4.35. The van der Waals surface area contributed by atoms with E-state index in [0.29, 0.717) is 23.7 Å². The van der Waals surface area contributed by atoms with Crippen molar-refractivity contribution in [1.82, 2.24) is 0 Å². The number of hydrogen-bond donors (Lipinski definition) is 1. The van der Waals surface area contributed by atoms with Crippen molar-refractivity contribution < 1.29 is 13.4 Å². The van der Waals surface area contributed by atoms with Gasteiger partial charge in [0.15, 0.2) is 0 Å². The average Bonchev–Trinajstić information content (AvgIpc) is 2.45. The van der Waals surface area contributed by atoms with Gasteiger partial charge in [-0.25, -0.2) is 4.39 Å². The molecule has 0 saturated carbocycles. The molecule has 0 radical (unpaired) electrons. The third-order valence-electron chi connectivity index (χ3n) is 3.37. The first-order valence-corrected chi connectivity index (χ1v) is 7.34. The molecule has 0 bridgehead atoms. The Morgan fingerprint density at radius 2 is 2.28 bits per heavy atom. The molecular formula is C12H13FN2O2S. The predicted molar refractivity (Wildman–Crippen MR) is 68.7 cm³/mol. The van der Waals surface area contributed by atoms with Gasteiger partial charge in [-0.2, -0.15) is 0 Å². The second-order valence-corrected chi connectivity index (χ2v) is 6.17. The molecule has 1 fully saturated rings. The highest BCUT2D eigenvalue weighted by molar-refractivity contribution is 7.85. The quantitative estimate of drug-likeness (QED) is 0.766. The number of hydrogen-bond acceptors (Lipinski definition) is 3. The van der Waals surface area contributed by atoms with Crippen LogP contribution in [0.5, 0.6) is 0 Å². The minimum Gasteiger partial charge on any atom is -0.364 e. The van der Waals surface area contributed by atoms with Gasteiger partial charge in [0.05, 0.1) is 5.69 Å². The molecule has 0 aromatic heterocycles. The van der Waals surface area contributed by atoms with E-state index in [1.54, 1.807) is 12.1 Å². The van der Waals surface area contributed by atoms with Gasteiger partial charge in [-0.05, 0) is 12.1 Å². The minimum atomic E-state index is -0.879. The fourth-order valence-electron chi connectivity index (χ4n) is 2.54. The van der Waals surface area contributed by atoms with Gasteiger partial charge in [-0.3, -0.25) is 9.00 Å². The molecule has 1 amide bonds. The van der Waals surface area contributed by atoms with Crippen LogP contribution in [-0.2, 0) is 15.6 Å². The number of fused-ring (bicyclic) bond motifs is 3. The lowest BCUT2D eigenvalue weighted by Crippen LogP contribution is -2.47. The van der Waals surface area contributed by atoms with Crippen LogP contribution in [0.4, 0.5) is 15.8 Å². The van der Waals surface area contributed by atoms with E-state index in [4.69, 9.17) is 0 Å². The first kappa shape index (κ1) is 11.6. The molecule has 2 heterocycles. The summed E-state index contributed by atoms with van der Waals surface area (Å²) in [4.78, 5) is 13.8. The molecule has 2 aliphatic heterocycles. The lowest BCUT2D eigenvalue weighted by atomic mass is 10.1. The van der Waals surface area contributed by atoms with Crippen molar-refractivity contribution in [3.05, 3.63) is 24.0 Å². The molecule has 0 spiro atoms. The lowest BCUT2D eigenvalue weighted by molar-refractivity contribution is -0.116. The number of rotatable bonds is 0. The Labute approximate surface area is 107 Å². The highest BCUT2D eigenvalue weighted by Crippen LogP contribution is 2.34. The normalized spacial score (nSPS) is 26.9. The highest BCUT2D eigenvalue weighted by atomic mass is 32.2. The summed E-state index contributed by atoms with van der Waals surface area (Å²) in [6, 6.07) is 4.67. The Morgan fingerprint density at radius 3 is 3.11 bits per heavy atom. The standard InChI is InChI=1S/C12H13FN2O2S/c13-9-2-1-3-10-12(9)14-11(16)6-8-7-18(17)5-4-15(8)10/h1-3,8H,4-7H2,(H,14,16). The Morgan fingerprint density at radius 1 is 1.44 bits per heavy atom. The molecule has 1 aromatic carbocycles. The number of benzene rings is 1. The molecule has 4 nitrogen and oxygen atoms in total. The Balaban J connectivity index is 2.08. The van der Waals surface area contributed by atoms with Gasteiger partial charge in [-0.1, -0.05) is 6.07 Å². The van der Waals surface area contributed by atoms with E-state index in [9.17, 15) is 13.4 Å². The van der Waals surface area contributed by atoms with Gasteiger partial charge in [0.1, 0.15) is 11.5 Å². The first-order chi connectivity index (χ1) is 8.65. The van der Waals surface area contributed by atoms with Crippen molar-refractivity contribution in [2.24, 2.45) is 0 Å². The molecule has 1 aromatic rings. The van der Waals surface area contributed by atoms with Crippen LogP contribution < -0.4 is 10.2 Å². The molecular weight excluding hydrogens is 255 g/mol. The molecule has 6 heteroatoms. The van der Waals surface area contributed by atoms with Crippen LogP contribution in [-0.4, -0.2) is 34.2 Å². The summed E-state index contributed by atoms with van der Waals surface area (Å²) in [5.74, 6) is 0.408. The molecule has 96 valence electrons. The number of carbonyl (C=O) groups excluding carboxylic acids is 1. The van der Waals surface area contributed by atoms with Crippen molar-refractivity contribution in [3.63, 3.8) is 0 Å². The predicted octanol–water partition coefficient (Wildman–Crippen LogP) is 1.11. The fraction of sp³-hybridized carbons (Fsp3) is 0.417. The smallest absolute Gasteiger partial charge is 0.226 e. The summed E-state index contributed by atoms with van der Waals surface area (Å²) in [7, 11) is -0.879. The van der Waals surface area contributed by atoms with Gasteiger partial charge in [0.25, 0.3) is 0 Å². The van der Waals surface area contributed by atoms with Gasteiger partial charge in [0.2, 0.25) is 5.91 Å². The largest absolute Gasteiger partial charge is 0.364 e. The maximum Gasteiger partial charge on any atom is 0.226 e. The Bertz CT molecular complexity index is 535. The van der Waals surface area contributed by atoms with Crippen LogP contribution in [0.15, 0.2) is 18.2 Å². The SMILES string of the molecule is O=C1CC2CS(=O)CCN2c2cccc(F)c2N1. The van der Waals surface area contributed by atoms with Crippen LogP contribution in [0.25, 0.3) is 0 Å². The molecule has 2 atom stereocenters. The number of para-hydroxylation sites is 1. The molecule has 2 unspecified atom stereocenters. The number of nitrogens with zero attached hydrogens (tertiary/aromatic N) is 1. The van der Waals surface area contributed by atoms with E-state index >= 15 is 0 Å². The number of halogens is 1. The highest BCUT2D eigenvalue weighted by Gasteiger charge is 2.33. The van der Waals surface area contributed by atoms with Crippen molar-refractivity contribution in [3.8, 4) is 0 Å². The van der Waals surface area contributed by atoms with Crippen molar-refractivity contribution in [2.45, 2.75) is 12.5 Å². The third kappa shape index (κ3) is 1.90. The van der Waals surface area contributed by atoms with E-state index < -0.39 is 16.6 Å². The molecule has 18 heavy (non-hydrogen) atoms. The summed E-state index contributed by atoms with van der Waals surface area (Å²) in [5, 5.41) is 2.61. The summed E-state index contributed by atoms with van der Waals surface area (Å²) in [5.41, 5.74) is 0.945. The number of nitrogens with one attached hydrogen (secondary N) is 1. The molecule has 1 saturated heterocycles. The maximum atomic E-state index is 13.8. The minimum absolute atomic E-state index is 0.0948. The molecule has 0 aliphatic carbocycles. The number of amides is 1. The lowest BCUT2D eigenvalue weighted by Gasteiger charge is -2.35. The monoisotopic (exact) mass is 268 g/mol. The summed E-state index contributed by atoms with van der Waals surface area (Å²) in [6.45, 7) is 0.600. The number of anilines is 2. The van der Waals surface area contributed by atoms with Gasteiger partial charge < -0.3 is 10.2 Å². The summed E-state index contributed by atoms with van der Waals surface area (Å²) < 4.78 is 25.4. The van der Waals surface area contributed by atoms with Gasteiger partial charge >= 0.3 is 0 Å². The zero-order valence-electron chi connectivity index (χ0n) is 9.69. The zero-order chi connectivity index (χ0) is 12.7. The van der Waals surface area contributed by atoms with Crippen LogP contribution in [0, 0.1) is 5.82 Å². The maximum absolute atomic E-state index is 13.8. The molecule has 1 N–H and O–H groups in total. The van der Waals surface area contributed by atoms with Crippen LogP contribution in [0.2, 0.25) is 0 Å². The Kier molecular flexibility index (Phi) is 2.81. The third-order valence-corrected chi connectivity index (χ3v) is 4.76. The van der Waals surface area contributed by atoms with Crippen LogP contribution in [0.1, 0.15) is 6.42 Å². The van der Waals surface area contributed by atoms with Crippen molar-refractivity contribution >= 4 is 28.1 Å². The molecule has 3 rings (SSSR count). The summed E-state index contributed by atoms with van der Waals surface area (Å²) in [6.07, 6.45) is 0.264. The fourth-order valence-corrected chi connectivity index (χ4v) is 3.83. The van der Waals surface area contributed by atoms with Crippen LogP contribution in [0.3, 0.4) is 0 Å². The van der Waals surface area contributed by atoms with Gasteiger partial charge in [0, 0.05) is 41.3 Å². The van der Waals surface area contributed by atoms with E-state index in [0.717, 1.165) is 0 Å². The van der Waals surface area contributed by atoms with E-state index in [1.807, 2.05) is 4.90 Å². The average molecular weight is 268 g/mol. The van der Waals surface area contributed by atoms with E-state index in [-0.39, 0.29) is 24.1 Å². The van der Waals surface area contributed by atoms with E-state index in [2.05, 4.69) is 5.32 Å². The number of carbonyl (C=O) groups is 1. The zero-order valence-corrected chi connectivity index (χ0v) is 10.5. The Hall–Kier alpha value is -1.43. The second-order valence-electron chi connectivity index (χ2n) is 4.54.